The first-order chi connectivity index (χ1) is 7.24. The molecule has 4 heteroatoms. The number of hydrogen-bond acceptors (Lipinski definition) is 4. The van der Waals surface area contributed by atoms with Crippen molar-refractivity contribution in [2.45, 2.75) is 44.7 Å². The Morgan fingerprint density at radius 3 is 2.53 bits per heavy atom. The van der Waals surface area contributed by atoms with E-state index in [2.05, 4.69) is 15.5 Å². The van der Waals surface area contributed by atoms with E-state index in [-0.39, 0.29) is 0 Å². The summed E-state index contributed by atoms with van der Waals surface area (Å²) in [6.07, 6.45) is 4.49. The Morgan fingerprint density at radius 2 is 1.93 bits per heavy atom. The minimum Gasteiger partial charge on any atom is -0.366 e. The molecule has 0 radical (unpaired) electrons. The molecule has 0 saturated heterocycles. The molecule has 1 aliphatic carbocycles. The Balaban J connectivity index is 1.89. The van der Waals surface area contributed by atoms with E-state index in [1.54, 1.807) is 0 Å². The third-order valence-corrected chi connectivity index (χ3v) is 2.92. The van der Waals surface area contributed by atoms with Crippen molar-refractivity contribution in [2.75, 3.05) is 5.32 Å². The fraction of sp³-hybridized carbons (Fsp3) is 0.636. The fourth-order valence-electron chi connectivity index (χ4n) is 1.95. The Morgan fingerprint density at radius 1 is 1.20 bits per heavy atom. The van der Waals surface area contributed by atoms with Crippen LogP contribution in [-0.4, -0.2) is 22.3 Å². The maximum atomic E-state index is 5.85. The summed E-state index contributed by atoms with van der Waals surface area (Å²) >= 11 is 0. The van der Waals surface area contributed by atoms with E-state index in [4.69, 9.17) is 5.73 Å². The molecule has 1 fully saturated rings. The SMILES string of the molecule is Cc1ccc(NC2CCC(N)CC2)nn1. The number of nitrogens with two attached hydrogens (primary N) is 1. The van der Waals surface area contributed by atoms with Gasteiger partial charge in [0, 0.05) is 12.1 Å². The molecule has 4 nitrogen and oxygen atoms in total. The molecule has 0 spiro atoms. The average molecular weight is 206 g/mol. The first-order valence-electron chi connectivity index (χ1n) is 5.56. The zero-order chi connectivity index (χ0) is 10.7. The molecule has 1 aliphatic rings. The lowest BCUT2D eigenvalue weighted by molar-refractivity contribution is 0.410. The smallest absolute Gasteiger partial charge is 0.148 e. The van der Waals surface area contributed by atoms with E-state index < -0.39 is 0 Å². The maximum absolute atomic E-state index is 5.85. The van der Waals surface area contributed by atoms with Gasteiger partial charge >= 0.3 is 0 Å². The Bertz CT molecular complexity index is 301. The summed E-state index contributed by atoms with van der Waals surface area (Å²) < 4.78 is 0. The first kappa shape index (κ1) is 10.4. The molecule has 0 unspecified atom stereocenters. The molecule has 82 valence electrons. The molecular formula is C11H18N4. The van der Waals surface area contributed by atoms with Crippen LogP contribution in [-0.2, 0) is 0 Å². The van der Waals surface area contributed by atoms with Crippen LogP contribution in [0.25, 0.3) is 0 Å². The monoisotopic (exact) mass is 206 g/mol. The normalized spacial score (nSPS) is 26.3. The number of nitrogens with one attached hydrogen (secondary N) is 1. The van der Waals surface area contributed by atoms with Crippen LogP contribution in [0.4, 0.5) is 5.82 Å². The first-order valence-corrected chi connectivity index (χ1v) is 5.56. The summed E-state index contributed by atoms with van der Waals surface area (Å²) in [6, 6.07) is 4.87. The molecule has 0 aromatic carbocycles. The Hall–Kier alpha value is -1.16. The van der Waals surface area contributed by atoms with Gasteiger partial charge in [0.1, 0.15) is 5.82 Å². The number of aryl methyl sites for hydroxylation is 1. The highest BCUT2D eigenvalue weighted by Crippen LogP contribution is 2.19. The minimum absolute atomic E-state index is 0.396. The quantitative estimate of drug-likeness (QED) is 0.769. The summed E-state index contributed by atoms with van der Waals surface area (Å²) in [5, 5.41) is 11.5. The second-order valence-electron chi connectivity index (χ2n) is 4.32. The zero-order valence-corrected chi connectivity index (χ0v) is 9.11. The highest BCUT2D eigenvalue weighted by molar-refractivity contribution is 5.34. The topological polar surface area (TPSA) is 63.8 Å². The summed E-state index contributed by atoms with van der Waals surface area (Å²) in [5.41, 5.74) is 6.80. The number of hydrogen-bond donors (Lipinski definition) is 2. The van der Waals surface area contributed by atoms with Gasteiger partial charge in [0.15, 0.2) is 0 Å². The van der Waals surface area contributed by atoms with Crippen molar-refractivity contribution in [2.24, 2.45) is 5.73 Å². The fourth-order valence-corrected chi connectivity index (χ4v) is 1.95. The van der Waals surface area contributed by atoms with Crippen molar-refractivity contribution >= 4 is 5.82 Å². The van der Waals surface area contributed by atoms with Crippen molar-refractivity contribution in [1.29, 1.82) is 0 Å². The summed E-state index contributed by atoms with van der Waals surface area (Å²) in [5.74, 6) is 0.876. The van der Waals surface area contributed by atoms with E-state index >= 15 is 0 Å². The predicted molar refractivity (Wildman–Crippen MR) is 60.6 cm³/mol. The number of aromatic nitrogens is 2. The van der Waals surface area contributed by atoms with Gasteiger partial charge in [-0.3, -0.25) is 0 Å². The van der Waals surface area contributed by atoms with Crippen molar-refractivity contribution < 1.29 is 0 Å². The number of anilines is 1. The molecular weight excluding hydrogens is 188 g/mol. The second kappa shape index (κ2) is 4.57. The van der Waals surface area contributed by atoms with Crippen LogP contribution in [0, 0.1) is 6.92 Å². The van der Waals surface area contributed by atoms with Crippen LogP contribution in [0.5, 0.6) is 0 Å². The lowest BCUT2D eigenvalue weighted by atomic mass is 9.92. The predicted octanol–water partition coefficient (Wildman–Crippen LogP) is 1.47. The largest absolute Gasteiger partial charge is 0.366 e. The van der Waals surface area contributed by atoms with Crippen LogP contribution in [0.2, 0.25) is 0 Å². The third kappa shape index (κ3) is 2.89. The summed E-state index contributed by atoms with van der Waals surface area (Å²) in [4.78, 5) is 0. The van der Waals surface area contributed by atoms with Gasteiger partial charge in [-0.1, -0.05) is 0 Å². The van der Waals surface area contributed by atoms with Crippen molar-refractivity contribution in [3.8, 4) is 0 Å². The second-order valence-corrected chi connectivity index (χ2v) is 4.32. The molecule has 15 heavy (non-hydrogen) atoms. The molecule has 0 aliphatic heterocycles. The van der Waals surface area contributed by atoms with E-state index in [1.165, 1.54) is 0 Å². The molecule has 2 rings (SSSR count). The van der Waals surface area contributed by atoms with Crippen LogP contribution in [0.3, 0.4) is 0 Å². The zero-order valence-electron chi connectivity index (χ0n) is 9.11. The van der Waals surface area contributed by atoms with Crippen molar-refractivity contribution in [3.63, 3.8) is 0 Å². The highest BCUT2D eigenvalue weighted by Gasteiger charge is 2.18. The average Bonchev–Trinajstić information content (AvgIpc) is 2.25. The molecule has 1 aromatic heterocycles. The van der Waals surface area contributed by atoms with Crippen LogP contribution in [0.15, 0.2) is 12.1 Å². The van der Waals surface area contributed by atoms with Gasteiger partial charge in [-0.25, -0.2) is 0 Å². The minimum atomic E-state index is 0.396. The van der Waals surface area contributed by atoms with Crippen LogP contribution < -0.4 is 11.1 Å². The molecule has 1 aromatic rings. The Kier molecular flexibility index (Phi) is 3.16. The Labute approximate surface area is 90.3 Å². The van der Waals surface area contributed by atoms with Gasteiger partial charge in [0.05, 0.1) is 5.69 Å². The molecule has 1 saturated carbocycles. The highest BCUT2D eigenvalue weighted by atomic mass is 15.2. The lowest BCUT2D eigenvalue weighted by Gasteiger charge is -2.26. The summed E-state index contributed by atoms with van der Waals surface area (Å²) in [7, 11) is 0. The van der Waals surface area contributed by atoms with Gasteiger partial charge in [0.25, 0.3) is 0 Å². The van der Waals surface area contributed by atoms with E-state index in [9.17, 15) is 0 Å². The molecule has 0 bridgehead atoms. The van der Waals surface area contributed by atoms with Crippen molar-refractivity contribution in [3.05, 3.63) is 17.8 Å². The number of nitrogens with zero attached hydrogens (tertiary/aromatic N) is 2. The van der Waals surface area contributed by atoms with E-state index in [0.29, 0.717) is 12.1 Å². The maximum Gasteiger partial charge on any atom is 0.148 e. The van der Waals surface area contributed by atoms with Gasteiger partial charge in [-0.2, -0.15) is 5.10 Å². The summed E-state index contributed by atoms with van der Waals surface area (Å²) in [6.45, 7) is 1.94. The van der Waals surface area contributed by atoms with Crippen LogP contribution in [0.1, 0.15) is 31.4 Å². The van der Waals surface area contributed by atoms with E-state index in [0.717, 1.165) is 37.2 Å². The molecule has 0 amide bonds. The lowest BCUT2D eigenvalue weighted by Crippen LogP contribution is -2.33. The van der Waals surface area contributed by atoms with Gasteiger partial charge in [-0.05, 0) is 44.7 Å². The third-order valence-electron chi connectivity index (χ3n) is 2.92. The van der Waals surface area contributed by atoms with Gasteiger partial charge in [-0.15, -0.1) is 5.10 Å². The van der Waals surface area contributed by atoms with Crippen LogP contribution >= 0.6 is 0 Å². The molecule has 1 heterocycles. The van der Waals surface area contributed by atoms with E-state index in [1.807, 2.05) is 19.1 Å². The van der Waals surface area contributed by atoms with Gasteiger partial charge in [0.2, 0.25) is 0 Å². The van der Waals surface area contributed by atoms with Gasteiger partial charge < -0.3 is 11.1 Å². The molecule has 3 N–H and O–H groups in total. The number of rotatable bonds is 2. The standard InChI is InChI=1S/C11H18N4/c1-8-2-7-11(15-14-8)13-10-5-3-9(12)4-6-10/h2,7,9-10H,3-6,12H2,1H3,(H,13,15). The van der Waals surface area contributed by atoms with Crippen molar-refractivity contribution in [1.82, 2.24) is 10.2 Å². The molecule has 0 atom stereocenters.